The van der Waals surface area contributed by atoms with E-state index in [1.54, 1.807) is 0 Å². The van der Waals surface area contributed by atoms with Crippen LogP contribution in [0.15, 0.2) is 4.99 Å². The maximum Gasteiger partial charge on any atom is 0.0993 e. The molecule has 0 atom stereocenters. The van der Waals surface area contributed by atoms with Gasteiger partial charge in [-0.15, -0.1) is 0 Å². The Bertz CT molecular complexity index is 278. The molecule has 24 heavy (non-hydrogen) atoms. The van der Waals surface area contributed by atoms with Gasteiger partial charge in [0.25, 0.3) is 0 Å². The molecule has 0 aliphatic carbocycles. The van der Waals surface area contributed by atoms with E-state index in [2.05, 4.69) is 22.4 Å². The van der Waals surface area contributed by atoms with Gasteiger partial charge in [-0.05, 0) is 6.42 Å². The van der Waals surface area contributed by atoms with E-state index in [4.69, 9.17) is 0 Å². The van der Waals surface area contributed by atoms with Crippen molar-refractivity contribution in [2.45, 2.75) is 110 Å². The second-order valence-electron chi connectivity index (χ2n) is 7.43. The molecule has 0 aromatic carbocycles. The Balaban J connectivity index is 1.64. The van der Waals surface area contributed by atoms with Crippen molar-refractivity contribution in [3.63, 3.8) is 0 Å². The Hall–Kier alpha value is -0.570. The van der Waals surface area contributed by atoms with E-state index in [-0.39, 0.29) is 0 Å². The molecule has 0 aromatic rings. The minimum absolute atomic E-state index is 0.950. The summed E-state index contributed by atoms with van der Waals surface area (Å²) in [5, 5.41) is 2.12. The van der Waals surface area contributed by atoms with Gasteiger partial charge < -0.3 is 0 Å². The molecule has 0 fully saturated rings. The summed E-state index contributed by atoms with van der Waals surface area (Å²) in [6.45, 7) is 5.39. The van der Waals surface area contributed by atoms with Crippen LogP contribution >= 0.6 is 0 Å². The Labute approximate surface area is 151 Å². The monoisotopic (exact) mass is 337 g/mol. The normalized spacial score (nSPS) is 14.0. The molecule has 3 nitrogen and oxygen atoms in total. The number of hydrogen-bond donors (Lipinski definition) is 1. The van der Waals surface area contributed by atoms with Crippen LogP contribution in [0.3, 0.4) is 0 Å². The van der Waals surface area contributed by atoms with Gasteiger partial charge in [-0.2, -0.15) is 0 Å². The second kappa shape index (κ2) is 17.3. The van der Waals surface area contributed by atoms with Gasteiger partial charge in [0.1, 0.15) is 0 Å². The fourth-order valence-electron chi connectivity index (χ4n) is 3.40. The summed E-state index contributed by atoms with van der Waals surface area (Å²) >= 11 is 0. The number of unbranched alkanes of at least 4 members (excludes halogenated alkanes) is 15. The topological polar surface area (TPSA) is 27.6 Å². The van der Waals surface area contributed by atoms with Crippen LogP contribution in [0.1, 0.15) is 110 Å². The van der Waals surface area contributed by atoms with Gasteiger partial charge in [-0.1, -0.05) is 103 Å². The molecule has 0 spiro atoms. The molecule has 1 aliphatic rings. The number of hydrazine groups is 1. The fourth-order valence-corrected chi connectivity index (χ4v) is 3.40. The molecule has 3 heteroatoms. The van der Waals surface area contributed by atoms with Gasteiger partial charge in [0.05, 0.1) is 19.4 Å². The molecule has 1 N–H and O–H groups in total. The van der Waals surface area contributed by atoms with E-state index in [1.165, 1.54) is 103 Å². The van der Waals surface area contributed by atoms with Gasteiger partial charge in [0.2, 0.25) is 0 Å². The molecule has 0 radical (unpaired) electrons. The first-order valence-corrected chi connectivity index (χ1v) is 10.9. The van der Waals surface area contributed by atoms with Crippen molar-refractivity contribution in [3.8, 4) is 0 Å². The highest BCUT2D eigenvalue weighted by atomic mass is 15.5. The summed E-state index contributed by atoms with van der Waals surface area (Å²) in [5.74, 6) is 0. The van der Waals surface area contributed by atoms with Crippen LogP contribution in [-0.2, 0) is 0 Å². The molecular formula is C21H43N3. The summed E-state index contributed by atoms with van der Waals surface area (Å²) in [7, 11) is 0. The maximum atomic E-state index is 4.20. The van der Waals surface area contributed by atoms with Crippen LogP contribution in [0.25, 0.3) is 0 Å². The third kappa shape index (κ3) is 13.8. The lowest BCUT2D eigenvalue weighted by atomic mass is 10.0. The van der Waals surface area contributed by atoms with Crippen molar-refractivity contribution in [1.82, 2.24) is 10.4 Å². The third-order valence-electron chi connectivity index (χ3n) is 5.04. The number of hydrogen-bond acceptors (Lipinski definition) is 3. The molecule has 1 rings (SSSR count). The quantitative estimate of drug-likeness (QED) is 0.306. The van der Waals surface area contributed by atoms with E-state index in [0.717, 1.165) is 19.6 Å². The van der Waals surface area contributed by atoms with Crippen LogP contribution in [0.4, 0.5) is 0 Å². The summed E-state index contributed by atoms with van der Waals surface area (Å²) in [6.07, 6.45) is 24.9. The predicted molar refractivity (Wildman–Crippen MR) is 108 cm³/mol. The van der Waals surface area contributed by atoms with Gasteiger partial charge in [-0.25, -0.2) is 5.43 Å². The Morgan fingerprint density at radius 2 is 1.17 bits per heavy atom. The second-order valence-corrected chi connectivity index (χ2v) is 7.43. The summed E-state index contributed by atoms with van der Waals surface area (Å²) in [5.41, 5.74) is 3.42. The largest absolute Gasteiger partial charge is 0.297 e. The first kappa shape index (κ1) is 21.5. The third-order valence-corrected chi connectivity index (χ3v) is 5.04. The minimum atomic E-state index is 0.950. The molecule has 0 bridgehead atoms. The van der Waals surface area contributed by atoms with Crippen LogP contribution < -0.4 is 5.43 Å². The lowest BCUT2D eigenvalue weighted by Crippen LogP contribution is -2.35. The standard InChI is InChI=1S/C21H43N3/c1-2-3-4-5-6-7-8-9-10-11-12-13-14-15-16-17-18-23-24-20-19-22-21-24/h21,23H,2-20H2,1H3. The average Bonchev–Trinajstić information content (AvgIpc) is 3.11. The minimum Gasteiger partial charge on any atom is -0.297 e. The molecule has 0 saturated heterocycles. The lowest BCUT2D eigenvalue weighted by Gasteiger charge is -2.14. The zero-order valence-electron chi connectivity index (χ0n) is 16.4. The number of nitrogens with zero attached hydrogens (tertiary/aromatic N) is 2. The van der Waals surface area contributed by atoms with E-state index in [1.807, 2.05) is 6.34 Å². The van der Waals surface area contributed by atoms with Crippen molar-refractivity contribution < 1.29 is 0 Å². The molecule has 1 heterocycles. The van der Waals surface area contributed by atoms with E-state index in [9.17, 15) is 0 Å². The first-order chi connectivity index (χ1) is 11.9. The number of rotatable bonds is 18. The molecule has 142 valence electrons. The van der Waals surface area contributed by atoms with E-state index < -0.39 is 0 Å². The predicted octanol–water partition coefficient (Wildman–Crippen LogP) is 6.10. The van der Waals surface area contributed by atoms with Crippen LogP contribution in [0.5, 0.6) is 0 Å². The lowest BCUT2D eigenvalue weighted by molar-refractivity contribution is 0.336. The Kier molecular flexibility index (Phi) is 15.4. The SMILES string of the molecule is CCCCCCCCCCCCCCCCCCNN1C=NCC1. The molecule has 0 amide bonds. The van der Waals surface area contributed by atoms with Crippen molar-refractivity contribution in [2.75, 3.05) is 19.6 Å². The van der Waals surface area contributed by atoms with Crippen LogP contribution in [0.2, 0.25) is 0 Å². The highest BCUT2D eigenvalue weighted by Gasteiger charge is 2.02. The molecule has 1 aliphatic heterocycles. The Morgan fingerprint density at radius 1 is 0.708 bits per heavy atom. The zero-order valence-corrected chi connectivity index (χ0v) is 16.4. The van der Waals surface area contributed by atoms with Gasteiger partial charge >= 0.3 is 0 Å². The summed E-state index contributed by atoms with van der Waals surface area (Å²) in [6, 6.07) is 0. The van der Waals surface area contributed by atoms with Crippen molar-refractivity contribution in [3.05, 3.63) is 0 Å². The van der Waals surface area contributed by atoms with Gasteiger partial charge in [-0.3, -0.25) is 10.0 Å². The molecule has 0 saturated carbocycles. The van der Waals surface area contributed by atoms with Crippen LogP contribution in [0, 0.1) is 0 Å². The van der Waals surface area contributed by atoms with Crippen molar-refractivity contribution >= 4 is 6.34 Å². The number of nitrogens with one attached hydrogen (secondary N) is 1. The smallest absolute Gasteiger partial charge is 0.0993 e. The number of aliphatic imine (C=N–C) groups is 1. The highest BCUT2D eigenvalue weighted by molar-refractivity contribution is 5.56. The average molecular weight is 338 g/mol. The van der Waals surface area contributed by atoms with Crippen molar-refractivity contribution in [1.29, 1.82) is 0 Å². The zero-order chi connectivity index (χ0) is 17.1. The van der Waals surface area contributed by atoms with Gasteiger partial charge in [0.15, 0.2) is 0 Å². The molecule has 0 unspecified atom stereocenters. The summed E-state index contributed by atoms with van der Waals surface area (Å²) in [4.78, 5) is 4.20. The molecule has 0 aromatic heterocycles. The van der Waals surface area contributed by atoms with Crippen molar-refractivity contribution in [2.24, 2.45) is 4.99 Å². The first-order valence-electron chi connectivity index (χ1n) is 10.9. The van der Waals surface area contributed by atoms with Crippen LogP contribution in [-0.4, -0.2) is 31.0 Å². The van der Waals surface area contributed by atoms with Gasteiger partial charge in [0, 0.05) is 6.54 Å². The van der Waals surface area contributed by atoms with E-state index in [0.29, 0.717) is 0 Å². The summed E-state index contributed by atoms with van der Waals surface area (Å²) < 4.78 is 0. The maximum absolute atomic E-state index is 4.20. The Morgan fingerprint density at radius 3 is 1.58 bits per heavy atom. The highest BCUT2D eigenvalue weighted by Crippen LogP contribution is 2.13. The fraction of sp³-hybridized carbons (Fsp3) is 0.952. The van der Waals surface area contributed by atoms with E-state index >= 15 is 0 Å². The molecular weight excluding hydrogens is 294 g/mol.